The first-order valence-electron chi connectivity index (χ1n) is 5.85. The number of anilines is 1. The Morgan fingerprint density at radius 2 is 2.33 bits per heavy atom. The molecule has 1 aromatic heterocycles. The van der Waals surface area contributed by atoms with Crippen molar-refractivity contribution in [2.75, 3.05) is 25.1 Å². The lowest BCUT2D eigenvalue weighted by atomic mass is 9.94. The van der Waals surface area contributed by atoms with Gasteiger partial charge in [0.2, 0.25) is 0 Å². The summed E-state index contributed by atoms with van der Waals surface area (Å²) in [5, 5.41) is 0.194. The number of piperidine rings is 1. The highest BCUT2D eigenvalue weighted by atomic mass is 35.5. The molecular weight excluding hydrogens is 254 g/mol. The summed E-state index contributed by atoms with van der Waals surface area (Å²) in [4.78, 5) is 21.1. The Morgan fingerprint density at radius 3 is 3.00 bits per heavy atom. The Labute approximate surface area is 111 Å². The van der Waals surface area contributed by atoms with Gasteiger partial charge in [-0.3, -0.25) is 4.79 Å². The van der Waals surface area contributed by atoms with E-state index in [2.05, 4.69) is 16.9 Å². The first-order valence-corrected chi connectivity index (χ1v) is 6.23. The van der Waals surface area contributed by atoms with Crippen LogP contribution in [0.1, 0.15) is 30.1 Å². The van der Waals surface area contributed by atoms with Crippen LogP contribution in [0.25, 0.3) is 0 Å². The number of carbonyl (C=O) groups is 1. The number of halogens is 1. The molecule has 0 spiro atoms. The van der Waals surface area contributed by atoms with Gasteiger partial charge in [0.15, 0.2) is 6.29 Å². The van der Waals surface area contributed by atoms with Gasteiger partial charge in [-0.05, 0) is 19.8 Å². The fourth-order valence-electron chi connectivity index (χ4n) is 2.27. The molecule has 18 heavy (non-hydrogen) atoms. The van der Waals surface area contributed by atoms with Crippen LogP contribution in [0.3, 0.4) is 0 Å². The molecule has 5 nitrogen and oxygen atoms in total. The summed E-state index contributed by atoms with van der Waals surface area (Å²) in [7, 11) is 1.71. The van der Waals surface area contributed by atoms with Crippen LogP contribution in [0.2, 0.25) is 5.15 Å². The molecule has 1 fully saturated rings. The van der Waals surface area contributed by atoms with Crippen molar-refractivity contribution in [2.45, 2.75) is 25.4 Å². The monoisotopic (exact) mass is 269 g/mol. The lowest BCUT2D eigenvalue weighted by molar-refractivity contribution is -0.00484. The quantitative estimate of drug-likeness (QED) is 0.620. The third-order valence-electron chi connectivity index (χ3n) is 3.38. The molecule has 1 saturated heterocycles. The molecule has 1 unspecified atom stereocenters. The summed E-state index contributed by atoms with van der Waals surface area (Å²) in [5.41, 5.74) is 0.134. The Morgan fingerprint density at radius 1 is 1.56 bits per heavy atom. The van der Waals surface area contributed by atoms with Crippen LogP contribution in [0.15, 0.2) is 6.33 Å². The van der Waals surface area contributed by atoms with E-state index in [1.165, 1.54) is 6.33 Å². The zero-order chi connectivity index (χ0) is 13.2. The minimum atomic E-state index is -0.212. The molecular formula is C12H16ClN3O2. The summed E-state index contributed by atoms with van der Waals surface area (Å²) in [5.74, 6) is 0.591. The largest absolute Gasteiger partial charge is 0.377 e. The highest BCUT2D eigenvalue weighted by Crippen LogP contribution is 2.29. The van der Waals surface area contributed by atoms with Crippen LogP contribution in [0.5, 0.6) is 0 Å². The van der Waals surface area contributed by atoms with Gasteiger partial charge in [0.25, 0.3) is 0 Å². The Hall–Kier alpha value is -1.20. The van der Waals surface area contributed by atoms with Gasteiger partial charge in [-0.15, -0.1) is 0 Å². The minimum absolute atomic E-state index is 0.194. The number of methoxy groups -OCH3 is 1. The van der Waals surface area contributed by atoms with E-state index >= 15 is 0 Å². The summed E-state index contributed by atoms with van der Waals surface area (Å²) in [6.07, 6.45) is 4.07. The van der Waals surface area contributed by atoms with E-state index < -0.39 is 0 Å². The number of aldehydes is 1. The molecule has 2 rings (SSSR count). The first-order chi connectivity index (χ1) is 8.59. The molecule has 0 saturated carbocycles. The maximum Gasteiger partial charge on any atom is 0.156 e. The molecule has 0 amide bonds. The van der Waals surface area contributed by atoms with Gasteiger partial charge in [-0.2, -0.15) is 0 Å². The summed E-state index contributed by atoms with van der Waals surface area (Å²) in [6, 6.07) is 0. The van der Waals surface area contributed by atoms with Gasteiger partial charge in [-0.1, -0.05) is 11.6 Å². The van der Waals surface area contributed by atoms with Gasteiger partial charge in [0.05, 0.1) is 11.2 Å². The number of carbonyl (C=O) groups excluding carboxylic acids is 1. The van der Waals surface area contributed by atoms with E-state index in [0.29, 0.717) is 24.2 Å². The molecule has 6 heteroatoms. The van der Waals surface area contributed by atoms with Crippen molar-refractivity contribution in [2.24, 2.45) is 0 Å². The second-order valence-electron chi connectivity index (χ2n) is 4.70. The standard InChI is InChI=1S/C12H16ClN3O2/c1-12(18-2)4-3-5-16(7-12)11-9(6-17)10(13)14-8-15-11/h6,8H,3-5,7H2,1-2H3. The normalized spacial score (nSPS) is 24.1. The summed E-state index contributed by atoms with van der Waals surface area (Å²) >= 11 is 5.91. The Balaban J connectivity index is 2.31. The zero-order valence-electron chi connectivity index (χ0n) is 10.5. The Bertz CT molecular complexity index is 455. The SMILES string of the molecule is COC1(C)CCCN(c2ncnc(Cl)c2C=O)C1. The summed E-state index contributed by atoms with van der Waals surface area (Å²) < 4.78 is 5.53. The predicted molar refractivity (Wildman–Crippen MR) is 69.3 cm³/mol. The lowest BCUT2D eigenvalue weighted by Gasteiger charge is -2.40. The minimum Gasteiger partial charge on any atom is -0.377 e. The van der Waals surface area contributed by atoms with Gasteiger partial charge < -0.3 is 9.64 Å². The van der Waals surface area contributed by atoms with Crippen LogP contribution < -0.4 is 4.90 Å². The molecule has 0 bridgehead atoms. The Kier molecular flexibility index (Phi) is 3.82. The number of hydrogen-bond donors (Lipinski definition) is 0. The molecule has 98 valence electrons. The second-order valence-corrected chi connectivity index (χ2v) is 5.06. The highest BCUT2D eigenvalue weighted by molar-refractivity contribution is 6.32. The molecule has 0 aliphatic carbocycles. The van der Waals surface area contributed by atoms with Crippen molar-refractivity contribution in [3.05, 3.63) is 17.0 Å². The predicted octanol–water partition coefficient (Wildman–Crippen LogP) is 1.95. The van der Waals surface area contributed by atoms with Gasteiger partial charge in [0.1, 0.15) is 17.3 Å². The maximum atomic E-state index is 11.1. The van der Waals surface area contributed by atoms with Crippen molar-refractivity contribution in [1.82, 2.24) is 9.97 Å². The average Bonchev–Trinajstić information content (AvgIpc) is 2.38. The number of rotatable bonds is 3. The van der Waals surface area contributed by atoms with Crippen LogP contribution in [0, 0.1) is 0 Å². The molecule has 1 aromatic rings. The van der Waals surface area contributed by atoms with Crippen molar-refractivity contribution in [3.63, 3.8) is 0 Å². The molecule has 1 atom stereocenters. The first kappa shape index (κ1) is 13.2. The molecule has 0 N–H and O–H groups in total. The third-order valence-corrected chi connectivity index (χ3v) is 3.68. The number of ether oxygens (including phenoxy) is 1. The zero-order valence-corrected chi connectivity index (χ0v) is 11.3. The fraction of sp³-hybridized carbons (Fsp3) is 0.583. The van der Waals surface area contributed by atoms with Crippen molar-refractivity contribution in [1.29, 1.82) is 0 Å². The van der Waals surface area contributed by atoms with E-state index in [-0.39, 0.29) is 10.8 Å². The maximum absolute atomic E-state index is 11.1. The molecule has 1 aliphatic heterocycles. The fourth-order valence-corrected chi connectivity index (χ4v) is 2.44. The molecule has 2 heterocycles. The van der Waals surface area contributed by atoms with Crippen molar-refractivity contribution >= 4 is 23.7 Å². The average molecular weight is 270 g/mol. The van der Waals surface area contributed by atoms with E-state index in [1.54, 1.807) is 7.11 Å². The van der Waals surface area contributed by atoms with Crippen LogP contribution in [0.4, 0.5) is 5.82 Å². The van der Waals surface area contributed by atoms with E-state index in [9.17, 15) is 4.79 Å². The smallest absolute Gasteiger partial charge is 0.156 e. The third kappa shape index (κ3) is 2.47. The van der Waals surface area contributed by atoms with E-state index in [0.717, 1.165) is 19.4 Å². The van der Waals surface area contributed by atoms with E-state index in [1.807, 2.05) is 4.90 Å². The van der Waals surface area contributed by atoms with E-state index in [4.69, 9.17) is 16.3 Å². The van der Waals surface area contributed by atoms with Gasteiger partial charge in [0, 0.05) is 20.2 Å². The van der Waals surface area contributed by atoms with Gasteiger partial charge >= 0.3 is 0 Å². The van der Waals surface area contributed by atoms with Crippen LogP contribution in [-0.2, 0) is 4.74 Å². The van der Waals surface area contributed by atoms with Crippen molar-refractivity contribution < 1.29 is 9.53 Å². The number of hydrogen-bond acceptors (Lipinski definition) is 5. The second kappa shape index (κ2) is 5.20. The number of nitrogens with zero attached hydrogens (tertiary/aromatic N) is 3. The number of aromatic nitrogens is 2. The highest BCUT2D eigenvalue weighted by Gasteiger charge is 2.32. The van der Waals surface area contributed by atoms with Crippen molar-refractivity contribution in [3.8, 4) is 0 Å². The molecule has 0 aromatic carbocycles. The lowest BCUT2D eigenvalue weighted by Crippen LogP contribution is -2.48. The van der Waals surface area contributed by atoms with Gasteiger partial charge in [-0.25, -0.2) is 9.97 Å². The topological polar surface area (TPSA) is 55.3 Å². The molecule has 1 aliphatic rings. The summed E-state index contributed by atoms with van der Waals surface area (Å²) in [6.45, 7) is 3.59. The molecule has 0 radical (unpaired) electrons. The van der Waals surface area contributed by atoms with Crippen LogP contribution >= 0.6 is 11.6 Å². The van der Waals surface area contributed by atoms with Crippen LogP contribution in [-0.4, -0.2) is 42.1 Å².